The summed E-state index contributed by atoms with van der Waals surface area (Å²) in [4.78, 5) is 2.53. The van der Waals surface area contributed by atoms with E-state index in [1.54, 1.807) is 7.11 Å². The van der Waals surface area contributed by atoms with E-state index in [0.717, 1.165) is 26.2 Å². The van der Waals surface area contributed by atoms with E-state index in [4.69, 9.17) is 4.74 Å². The lowest BCUT2D eigenvalue weighted by Gasteiger charge is -2.37. The van der Waals surface area contributed by atoms with Crippen LogP contribution in [0.1, 0.15) is 18.9 Å². The second-order valence-electron chi connectivity index (χ2n) is 4.95. The van der Waals surface area contributed by atoms with Crippen LogP contribution in [0, 0.1) is 0 Å². The normalized spacial score (nSPS) is 18.8. The molecule has 1 aliphatic rings. The summed E-state index contributed by atoms with van der Waals surface area (Å²) in [7, 11) is 1.74. The third-order valence-corrected chi connectivity index (χ3v) is 3.68. The predicted molar refractivity (Wildman–Crippen MR) is 76.3 cm³/mol. The van der Waals surface area contributed by atoms with Crippen LogP contribution in [0.5, 0.6) is 0 Å². The molecule has 1 heterocycles. The minimum Gasteiger partial charge on any atom is -0.383 e. The van der Waals surface area contributed by atoms with Gasteiger partial charge in [0, 0.05) is 38.5 Å². The Bertz CT molecular complexity index is 367. The first-order valence-corrected chi connectivity index (χ1v) is 6.87. The number of anilines is 1. The van der Waals surface area contributed by atoms with Gasteiger partial charge in [-0.3, -0.25) is 0 Å². The van der Waals surface area contributed by atoms with E-state index in [1.165, 1.54) is 24.1 Å². The smallest absolute Gasteiger partial charge is 0.0587 e. The van der Waals surface area contributed by atoms with Gasteiger partial charge in [0.1, 0.15) is 0 Å². The maximum absolute atomic E-state index is 5.04. The average Bonchev–Trinajstić information content (AvgIpc) is 2.41. The first-order valence-electron chi connectivity index (χ1n) is 6.87. The Morgan fingerprint density at radius 1 is 1.33 bits per heavy atom. The van der Waals surface area contributed by atoms with E-state index in [2.05, 4.69) is 41.4 Å². The highest BCUT2D eigenvalue weighted by molar-refractivity contribution is 5.56. The van der Waals surface area contributed by atoms with Crippen LogP contribution in [0.4, 0.5) is 5.69 Å². The van der Waals surface area contributed by atoms with Crippen molar-refractivity contribution in [3.8, 4) is 0 Å². The molecule has 0 fully saturated rings. The topological polar surface area (TPSA) is 24.5 Å². The summed E-state index contributed by atoms with van der Waals surface area (Å²) in [6, 6.07) is 9.43. The fourth-order valence-corrected chi connectivity index (χ4v) is 2.60. The van der Waals surface area contributed by atoms with Crippen LogP contribution >= 0.6 is 0 Å². The molecule has 1 atom stereocenters. The predicted octanol–water partition coefficient (Wildman–Crippen LogP) is 2.06. The van der Waals surface area contributed by atoms with E-state index in [9.17, 15) is 0 Å². The molecular formula is C15H24N2O. The number of aryl methyl sites for hydroxylation is 1. The van der Waals surface area contributed by atoms with Gasteiger partial charge >= 0.3 is 0 Å². The summed E-state index contributed by atoms with van der Waals surface area (Å²) < 4.78 is 5.04. The first kappa shape index (κ1) is 13.4. The number of hydrogen-bond acceptors (Lipinski definition) is 3. The summed E-state index contributed by atoms with van der Waals surface area (Å²) in [6.45, 7) is 6.13. The van der Waals surface area contributed by atoms with Crippen molar-refractivity contribution < 1.29 is 4.74 Å². The number of hydrogen-bond donors (Lipinski definition) is 1. The molecule has 18 heavy (non-hydrogen) atoms. The van der Waals surface area contributed by atoms with Gasteiger partial charge < -0.3 is 15.0 Å². The van der Waals surface area contributed by atoms with Gasteiger partial charge in [-0.1, -0.05) is 18.2 Å². The Morgan fingerprint density at radius 3 is 3.00 bits per heavy atom. The van der Waals surface area contributed by atoms with Crippen LogP contribution in [0.3, 0.4) is 0 Å². The van der Waals surface area contributed by atoms with Crippen LogP contribution < -0.4 is 10.2 Å². The Balaban J connectivity index is 1.90. The summed E-state index contributed by atoms with van der Waals surface area (Å²) >= 11 is 0. The quantitative estimate of drug-likeness (QED) is 0.780. The lowest BCUT2D eigenvalue weighted by atomic mass is 9.97. The molecule has 0 aliphatic carbocycles. The molecule has 1 aromatic rings. The Kier molecular flexibility index (Phi) is 5.02. The van der Waals surface area contributed by atoms with Crippen molar-refractivity contribution in [2.24, 2.45) is 0 Å². The summed E-state index contributed by atoms with van der Waals surface area (Å²) in [6.07, 6.45) is 2.47. The molecule has 3 nitrogen and oxygen atoms in total. The highest BCUT2D eigenvalue weighted by Crippen LogP contribution is 2.29. The largest absolute Gasteiger partial charge is 0.383 e. The minimum absolute atomic E-state index is 0.643. The van der Waals surface area contributed by atoms with Gasteiger partial charge in [-0.2, -0.15) is 0 Å². The van der Waals surface area contributed by atoms with Gasteiger partial charge in [0.05, 0.1) is 6.61 Å². The maximum Gasteiger partial charge on any atom is 0.0587 e. The summed E-state index contributed by atoms with van der Waals surface area (Å²) in [5.41, 5.74) is 2.91. The van der Waals surface area contributed by atoms with Crippen molar-refractivity contribution in [1.29, 1.82) is 0 Å². The second-order valence-corrected chi connectivity index (χ2v) is 4.95. The standard InChI is InChI=1S/C15H24N2O/c1-13-7-8-14-5-3-4-6-15(14)17(13)11-9-16-10-12-18-2/h3-6,13,16H,7-12H2,1-2H3. The first-order chi connectivity index (χ1) is 8.83. The zero-order chi connectivity index (χ0) is 12.8. The van der Waals surface area contributed by atoms with Gasteiger partial charge in [-0.25, -0.2) is 0 Å². The monoisotopic (exact) mass is 248 g/mol. The average molecular weight is 248 g/mol. The summed E-state index contributed by atoms with van der Waals surface area (Å²) in [5, 5.41) is 3.42. The molecule has 100 valence electrons. The zero-order valence-corrected chi connectivity index (χ0v) is 11.5. The molecule has 1 N–H and O–H groups in total. The van der Waals surface area contributed by atoms with Crippen LogP contribution in [0.2, 0.25) is 0 Å². The van der Waals surface area contributed by atoms with E-state index in [0.29, 0.717) is 6.04 Å². The van der Waals surface area contributed by atoms with Crippen molar-refractivity contribution in [3.05, 3.63) is 29.8 Å². The van der Waals surface area contributed by atoms with Gasteiger partial charge in [-0.05, 0) is 31.4 Å². The molecule has 0 spiro atoms. The Labute approximate surface area is 110 Å². The van der Waals surface area contributed by atoms with Gasteiger partial charge in [0.2, 0.25) is 0 Å². The van der Waals surface area contributed by atoms with Crippen molar-refractivity contribution in [2.75, 3.05) is 38.3 Å². The molecule has 1 aromatic carbocycles. The summed E-state index contributed by atoms with van der Waals surface area (Å²) in [5.74, 6) is 0. The molecule has 0 saturated carbocycles. The van der Waals surface area contributed by atoms with E-state index < -0.39 is 0 Å². The molecule has 3 heteroatoms. The molecular weight excluding hydrogens is 224 g/mol. The third-order valence-electron chi connectivity index (χ3n) is 3.68. The number of para-hydroxylation sites is 1. The molecule has 0 saturated heterocycles. The molecule has 1 unspecified atom stereocenters. The molecule has 0 bridgehead atoms. The highest BCUT2D eigenvalue weighted by atomic mass is 16.5. The number of nitrogens with one attached hydrogen (secondary N) is 1. The van der Waals surface area contributed by atoms with E-state index in [-0.39, 0.29) is 0 Å². The van der Waals surface area contributed by atoms with Crippen molar-refractivity contribution in [3.63, 3.8) is 0 Å². The number of methoxy groups -OCH3 is 1. The van der Waals surface area contributed by atoms with E-state index in [1.807, 2.05) is 0 Å². The van der Waals surface area contributed by atoms with Gasteiger partial charge in [-0.15, -0.1) is 0 Å². The second kappa shape index (κ2) is 6.76. The molecule has 1 aliphatic heterocycles. The lowest BCUT2D eigenvalue weighted by molar-refractivity contribution is 0.199. The molecule has 0 radical (unpaired) electrons. The Morgan fingerprint density at radius 2 is 2.17 bits per heavy atom. The number of ether oxygens (including phenoxy) is 1. The molecule has 0 amide bonds. The maximum atomic E-state index is 5.04. The Hall–Kier alpha value is -1.06. The van der Waals surface area contributed by atoms with E-state index >= 15 is 0 Å². The number of rotatable bonds is 6. The van der Waals surface area contributed by atoms with Crippen molar-refractivity contribution in [2.45, 2.75) is 25.8 Å². The van der Waals surface area contributed by atoms with Crippen molar-refractivity contribution in [1.82, 2.24) is 5.32 Å². The SMILES string of the molecule is COCCNCCN1c2ccccc2CCC1C. The fourth-order valence-electron chi connectivity index (χ4n) is 2.60. The zero-order valence-electron chi connectivity index (χ0n) is 11.5. The highest BCUT2D eigenvalue weighted by Gasteiger charge is 2.21. The van der Waals surface area contributed by atoms with Crippen molar-refractivity contribution >= 4 is 5.69 Å². The number of benzene rings is 1. The molecule has 2 rings (SSSR count). The van der Waals surface area contributed by atoms with Gasteiger partial charge in [0.25, 0.3) is 0 Å². The minimum atomic E-state index is 0.643. The fraction of sp³-hybridized carbons (Fsp3) is 0.600. The van der Waals surface area contributed by atoms with Crippen LogP contribution in [-0.4, -0.2) is 39.4 Å². The number of nitrogens with zero attached hydrogens (tertiary/aromatic N) is 1. The van der Waals surface area contributed by atoms with Crippen LogP contribution in [-0.2, 0) is 11.2 Å². The number of fused-ring (bicyclic) bond motifs is 1. The third kappa shape index (κ3) is 3.24. The van der Waals surface area contributed by atoms with Crippen LogP contribution in [0.15, 0.2) is 24.3 Å². The molecule has 0 aromatic heterocycles. The lowest BCUT2D eigenvalue weighted by Crippen LogP contribution is -2.41. The van der Waals surface area contributed by atoms with Crippen LogP contribution in [0.25, 0.3) is 0 Å². The van der Waals surface area contributed by atoms with Gasteiger partial charge in [0.15, 0.2) is 0 Å².